The first-order chi connectivity index (χ1) is 8.70. The van der Waals surface area contributed by atoms with Crippen LogP contribution < -0.4 is 5.32 Å². The topological polar surface area (TPSA) is 42.7 Å². The Balaban J connectivity index is 2.13. The summed E-state index contributed by atoms with van der Waals surface area (Å²) in [6.07, 6.45) is 1.50. The number of benzene rings is 1. The van der Waals surface area contributed by atoms with E-state index in [9.17, 15) is 4.39 Å². The molecule has 4 nitrogen and oxygen atoms in total. The fourth-order valence-corrected chi connectivity index (χ4v) is 1.72. The maximum atomic E-state index is 13.3. The molecule has 0 aliphatic carbocycles. The van der Waals surface area contributed by atoms with E-state index in [4.69, 9.17) is 11.6 Å². The maximum Gasteiger partial charge on any atom is 0.142 e. The first kappa shape index (κ1) is 13.0. The number of rotatable bonds is 5. The molecule has 18 heavy (non-hydrogen) atoms. The summed E-state index contributed by atoms with van der Waals surface area (Å²) in [5.74, 6) is 0.412. The molecule has 96 valence electrons. The van der Waals surface area contributed by atoms with Gasteiger partial charge in [0.2, 0.25) is 0 Å². The van der Waals surface area contributed by atoms with Gasteiger partial charge in [-0.05, 0) is 24.2 Å². The molecular weight excluding hydrogens is 255 g/mol. The van der Waals surface area contributed by atoms with Gasteiger partial charge >= 0.3 is 0 Å². The lowest BCUT2D eigenvalue weighted by molar-refractivity contribution is 0.588. The van der Waals surface area contributed by atoms with Crippen LogP contribution in [0.5, 0.6) is 0 Å². The summed E-state index contributed by atoms with van der Waals surface area (Å²) in [5.41, 5.74) is 0.806. The number of hydrogen-bond acceptors (Lipinski definition) is 3. The van der Waals surface area contributed by atoms with E-state index in [2.05, 4.69) is 15.4 Å². The van der Waals surface area contributed by atoms with Gasteiger partial charge in [0, 0.05) is 0 Å². The van der Waals surface area contributed by atoms with Crippen LogP contribution in [0.3, 0.4) is 0 Å². The van der Waals surface area contributed by atoms with Crippen LogP contribution in [0.1, 0.15) is 18.3 Å². The van der Waals surface area contributed by atoms with Crippen molar-refractivity contribution in [2.45, 2.75) is 20.0 Å². The quantitative estimate of drug-likeness (QED) is 0.904. The van der Waals surface area contributed by atoms with Gasteiger partial charge in [0.05, 0.1) is 18.1 Å². The lowest BCUT2D eigenvalue weighted by Gasteiger charge is -2.07. The first-order valence-electron chi connectivity index (χ1n) is 5.72. The van der Waals surface area contributed by atoms with Gasteiger partial charge < -0.3 is 5.32 Å². The molecule has 0 aliphatic rings. The highest BCUT2D eigenvalue weighted by molar-refractivity contribution is 6.30. The molecule has 1 aromatic heterocycles. The predicted molar refractivity (Wildman–Crippen MR) is 67.9 cm³/mol. The van der Waals surface area contributed by atoms with E-state index >= 15 is 0 Å². The monoisotopic (exact) mass is 268 g/mol. The summed E-state index contributed by atoms with van der Waals surface area (Å²) >= 11 is 5.64. The Kier molecular flexibility index (Phi) is 4.28. The van der Waals surface area contributed by atoms with Crippen LogP contribution in [0, 0.1) is 5.82 Å². The minimum Gasteiger partial charge on any atom is -0.310 e. The van der Waals surface area contributed by atoms with Crippen LogP contribution in [0.25, 0.3) is 0 Å². The van der Waals surface area contributed by atoms with Gasteiger partial charge in [0.1, 0.15) is 18.0 Å². The second-order valence-corrected chi connectivity index (χ2v) is 4.27. The lowest BCUT2D eigenvalue weighted by atomic mass is 10.2. The predicted octanol–water partition coefficient (Wildman–Crippen LogP) is 2.23. The molecule has 1 aromatic carbocycles. The zero-order valence-electron chi connectivity index (χ0n) is 10.0. The van der Waals surface area contributed by atoms with Crippen LogP contribution >= 0.6 is 11.6 Å². The maximum absolute atomic E-state index is 13.3. The zero-order chi connectivity index (χ0) is 13.0. The first-order valence-corrected chi connectivity index (χ1v) is 6.10. The Morgan fingerprint density at radius 1 is 1.44 bits per heavy atom. The Hall–Kier alpha value is -1.46. The summed E-state index contributed by atoms with van der Waals surface area (Å²) in [4.78, 5) is 4.16. The van der Waals surface area contributed by atoms with Crippen molar-refractivity contribution in [3.8, 4) is 0 Å². The van der Waals surface area contributed by atoms with Crippen molar-refractivity contribution in [2.75, 3.05) is 6.54 Å². The van der Waals surface area contributed by atoms with Crippen molar-refractivity contribution < 1.29 is 4.39 Å². The van der Waals surface area contributed by atoms with Crippen molar-refractivity contribution in [1.29, 1.82) is 0 Å². The summed E-state index contributed by atoms with van der Waals surface area (Å²) in [5, 5.41) is 7.44. The molecule has 0 fully saturated rings. The van der Waals surface area contributed by atoms with Gasteiger partial charge in [0.25, 0.3) is 0 Å². The number of nitrogens with zero attached hydrogens (tertiary/aromatic N) is 3. The minimum atomic E-state index is -0.414. The van der Waals surface area contributed by atoms with Crippen LogP contribution in [0.15, 0.2) is 24.5 Å². The van der Waals surface area contributed by atoms with E-state index in [-0.39, 0.29) is 5.02 Å². The van der Waals surface area contributed by atoms with Crippen molar-refractivity contribution in [3.05, 3.63) is 46.8 Å². The Bertz CT molecular complexity index is 527. The third kappa shape index (κ3) is 3.05. The fourth-order valence-electron chi connectivity index (χ4n) is 1.60. The lowest BCUT2D eigenvalue weighted by Crippen LogP contribution is -2.17. The Morgan fingerprint density at radius 3 is 3.00 bits per heavy atom. The van der Waals surface area contributed by atoms with Gasteiger partial charge in [-0.25, -0.2) is 14.1 Å². The molecule has 0 bridgehead atoms. The molecule has 0 aliphatic heterocycles. The second kappa shape index (κ2) is 5.93. The zero-order valence-corrected chi connectivity index (χ0v) is 10.8. The van der Waals surface area contributed by atoms with Crippen molar-refractivity contribution in [1.82, 2.24) is 20.1 Å². The SMILES string of the molecule is CCNCc1ncnn1Cc1ccc(Cl)c(F)c1. The van der Waals surface area contributed by atoms with Crippen LogP contribution in [-0.2, 0) is 13.1 Å². The largest absolute Gasteiger partial charge is 0.310 e. The van der Waals surface area contributed by atoms with Crippen molar-refractivity contribution in [2.24, 2.45) is 0 Å². The molecule has 0 saturated heterocycles. The third-order valence-electron chi connectivity index (χ3n) is 2.55. The average Bonchev–Trinajstić information content (AvgIpc) is 2.79. The van der Waals surface area contributed by atoms with Crippen molar-refractivity contribution in [3.63, 3.8) is 0 Å². The number of nitrogens with one attached hydrogen (secondary N) is 1. The fraction of sp³-hybridized carbons (Fsp3) is 0.333. The summed E-state index contributed by atoms with van der Waals surface area (Å²) < 4.78 is 15.1. The minimum absolute atomic E-state index is 0.130. The van der Waals surface area contributed by atoms with Gasteiger partial charge in [-0.15, -0.1) is 0 Å². The standard InChI is InChI=1S/C12H14ClFN4/c1-2-15-6-12-16-8-17-18(12)7-9-3-4-10(13)11(14)5-9/h3-5,8,15H,2,6-7H2,1H3. The van der Waals surface area contributed by atoms with Crippen LogP contribution in [0.2, 0.25) is 5.02 Å². The number of hydrogen-bond donors (Lipinski definition) is 1. The molecular formula is C12H14ClFN4. The molecule has 0 atom stereocenters. The Morgan fingerprint density at radius 2 is 2.28 bits per heavy atom. The molecule has 1 heterocycles. The molecule has 2 aromatic rings. The van der Waals surface area contributed by atoms with Gasteiger partial charge in [-0.3, -0.25) is 0 Å². The highest BCUT2D eigenvalue weighted by Crippen LogP contribution is 2.16. The van der Waals surface area contributed by atoms with Crippen LogP contribution in [0.4, 0.5) is 4.39 Å². The van der Waals surface area contributed by atoms with Crippen molar-refractivity contribution >= 4 is 11.6 Å². The summed E-state index contributed by atoms with van der Waals surface area (Å²) in [7, 11) is 0. The molecule has 0 radical (unpaired) electrons. The number of halogens is 2. The molecule has 0 unspecified atom stereocenters. The van der Waals surface area contributed by atoms with Gasteiger partial charge in [0.15, 0.2) is 0 Å². The normalized spacial score (nSPS) is 10.8. The molecule has 0 saturated carbocycles. The average molecular weight is 269 g/mol. The van der Waals surface area contributed by atoms with Gasteiger partial charge in [-0.2, -0.15) is 5.10 Å². The molecule has 6 heteroatoms. The van der Waals surface area contributed by atoms with E-state index in [1.165, 1.54) is 12.4 Å². The molecule has 0 spiro atoms. The Labute approximate surface area is 110 Å². The third-order valence-corrected chi connectivity index (χ3v) is 2.85. The smallest absolute Gasteiger partial charge is 0.142 e. The van der Waals surface area contributed by atoms with E-state index in [0.717, 1.165) is 17.9 Å². The van der Waals surface area contributed by atoms with Crippen LogP contribution in [-0.4, -0.2) is 21.3 Å². The number of aromatic nitrogens is 3. The van der Waals surface area contributed by atoms with E-state index in [1.54, 1.807) is 16.8 Å². The summed E-state index contributed by atoms with van der Waals surface area (Å²) in [6, 6.07) is 4.75. The highest BCUT2D eigenvalue weighted by atomic mass is 35.5. The second-order valence-electron chi connectivity index (χ2n) is 3.86. The molecule has 1 N–H and O–H groups in total. The van der Waals surface area contributed by atoms with Gasteiger partial charge in [-0.1, -0.05) is 24.6 Å². The van der Waals surface area contributed by atoms with E-state index < -0.39 is 5.82 Å². The molecule has 0 amide bonds. The van der Waals surface area contributed by atoms with E-state index in [0.29, 0.717) is 13.1 Å². The molecule has 2 rings (SSSR count). The van der Waals surface area contributed by atoms with E-state index in [1.807, 2.05) is 6.92 Å². The summed E-state index contributed by atoms with van der Waals surface area (Å²) in [6.45, 7) is 4.01. The highest BCUT2D eigenvalue weighted by Gasteiger charge is 2.06.